The highest BCUT2D eigenvalue weighted by atomic mass is 35.5. The Labute approximate surface area is 311 Å². The Bertz CT molecular complexity index is 1920. The molecule has 16 heteroatoms. The Balaban J connectivity index is 1.38. The summed E-state index contributed by atoms with van der Waals surface area (Å²) in [5.41, 5.74) is -3.60. The van der Waals surface area contributed by atoms with E-state index < -0.39 is 80.2 Å². The van der Waals surface area contributed by atoms with Crippen LogP contribution in [0.3, 0.4) is 0 Å². The highest BCUT2D eigenvalue weighted by Gasteiger charge is 2.67. The number of nitrogens with zero attached hydrogens (tertiary/aromatic N) is 1. The average Bonchev–Trinajstić information content (AvgIpc) is 3.35. The third-order valence-electron chi connectivity index (χ3n) is 8.41. The molecule has 2 atom stereocenters. The fourth-order valence-electron chi connectivity index (χ4n) is 5.85. The molecule has 9 nitrogen and oxygen atoms in total. The van der Waals surface area contributed by atoms with Crippen LogP contribution in [-0.4, -0.2) is 39.5 Å². The molecular weight excluding hydrogens is 757 g/mol. The number of ether oxygens (including phenoxy) is 2. The van der Waals surface area contributed by atoms with E-state index >= 15 is 8.78 Å². The normalized spacial score (nSPS) is 18.8. The van der Waals surface area contributed by atoms with Crippen molar-refractivity contribution in [3.8, 4) is 0 Å². The van der Waals surface area contributed by atoms with E-state index in [9.17, 15) is 23.6 Å². The molecule has 2 saturated carbocycles. The van der Waals surface area contributed by atoms with E-state index in [1.807, 2.05) is 0 Å². The number of anilines is 3. The Morgan fingerprint density at radius 2 is 1.51 bits per heavy atom. The van der Waals surface area contributed by atoms with Gasteiger partial charge in [-0.15, -0.1) is 23.2 Å². The van der Waals surface area contributed by atoms with Crippen molar-refractivity contribution in [3.05, 3.63) is 87.2 Å². The number of halogens is 7. The number of carbonyl (C=O) groups excluding carboxylic acids is 4. The Morgan fingerprint density at radius 3 is 2.14 bits per heavy atom. The lowest BCUT2D eigenvalue weighted by Crippen LogP contribution is -2.45. The molecule has 3 aromatic rings. The minimum Gasteiger partial charge on any atom is -0.443 e. The smallest absolute Gasteiger partial charge is 0.424 e. The van der Waals surface area contributed by atoms with Crippen molar-refractivity contribution in [2.75, 3.05) is 15.5 Å². The van der Waals surface area contributed by atoms with Crippen molar-refractivity contribution >= 4 is 87.5 Å². The van der Waals surface area contributed by atoms with Gasteiger partial charge in [-0.3, -0.25) is 9.59 Å². The Hall–Kier alpha value is -3.71. The van der Waals surface area contributed by atoms with Gasteiger partial charge >= 0.3 is 12.2 Å². The van der Waals surface area contributed by atoms with Crippen LogP contribution in [0, 0.1) is 23.4 Å². The molecule has 0 heterocycles. The van der Waals surface area contributed by atoms with E-state index in [2.05, 4.69) is 10.6 Å². The fourth-order valence-corrected chi connectivity index (χ4v) is 7.07. The van der Waals surface area contributed by atoms with E-state index in [1.165, 1.54) is 51.1 Å². The summed E-state index contributed by atoms with van der Waals surface area (Å²) in [5.74, 6) is -6.77. The van der Waals surface area contributed by atoms with Gasteiger partial charge in [0.25, 0.3) is 5.91 Å². The predicted octanol–water partition coefficient (Wildman–Crippen LogP) is 10.4. The quantitative estimate of drug-likeness (QED) is 0.231. The van der Waals surface area contributed by atoms with Crippen LogP contribution in [0.4, 0.5) is 39.8 Å². The summed E-state index contributed by atoms with van der Waals surface area (Å²) in [6.07, 6.45) is -0.308. The molecule has 0 saturated heterocycles. The number of rotatable bonds is 7. The standard InChI is InChI=1S/C35H32Cl4F3N3O6/c1-33(2,3)50-31(48)45(32(49)51-34(4)13-5-6-14-34)28-23(41)11-12-24(27(28)42)44-29(46)19-16-18(8-9-20(19)36)43-30(47)26-25(35(26,38)39)17-7-10-22(40)21(37)15-17/h7-12,15-16,25-26H,5-6,13-14H2,1-4H3,(H,43,47)(H,44,46)/t25?,26-/m1/s1. The van der Waals surface area contributed by atoms with Gasteiger partial charge in [0.15, 0.2) is 11.6 Å². The highest BCUT2D eigenvalue weighted by Crippen LogP contribution is 2.65. The molecule has 0 aromatic heterocycles. The third-order valence-corrected chi connectivity index (χ3v) is 9.97. The summed E-state index contributed by atoms with van der Waals surface area (Å²) in [7, 11) is 0. The first kappa shape index (κ1) is 38.5. The van der Waals surface area contributed by atoms with Crippen molar-refractivity contribution in [2.45, 2.75) is 74.8 Å². The minimum absolute atomic E-state index is 0.0843. The second-order valence-corrected chi connectivity index (χ2v) is 15.8. The van der Waals surface area contributed by atoms with Crippen LogP contribution in [-0.2, 0) is 14.3 Å². The zero-order chi connectivity index (χ0) is 37.6. The predicted molar refractivity (Wildman–Crippen MR) is 189 cm³/mol. The van der Waals surface area contributed by atoms with E-state index in [0.717, 1.165) is 31.0 Å². The zero-order valence-electron chi connectivity index (χ0n) is 27.6. The number of carbonyl (C=O) groups is 4. The molecule has 0 aliphatic heterocycles. The van der Waals surface area contributed by atoms with Gasteiger partial charge < -0.3 is 20.1 Å². The second-order valence-electron chi connectivity index (χ2n) is 13.5. The van der Waals surface area contributed by atoms with Crippen LogP contribution >= 0.6 is 46.4 Å². The van der Waals surface area contributed by atoms with Crippen molar-refractivity contribution in [2.24, 2.45) is 5.92 Å². The van der Waals surface area contributed by atoms with Gasteiger partial charge in [0, 0.05) is 11.6 Å². The number of amides is 4. The van der Waals surface area contributed by atoms with Gasteiger partial charge in [0.1, 0.15) is 27.0 Å². The van der Waals surface area contributed by atoms with Crippen LogP contribution < -0.4 is 15.5 Å². The molecule has 2 aliphatic carbocycles. The lowest BCUT2D eigenvalue weighted by atomic mass is 10.1. The van der Waals surface area contributed by atoms with E-state index in [1.54, 1.807) is 6.92 Å². The van der Waals surface area contributed by atoms with E-state index in [4.69, 9.17) is 55.9 Å². The van der Waals surface area contributed by atoms with Crippen molar-refractivity contribution < 1.29 is 41.8 Å². The Morgan fingerprint density at radius 1 is 0.863 bits per heavy atom. The molecule has 1 unspecified atom stereocenters. The van der Waals surface area contributed by atoms with E-state index in [0.29, 0.717) is 18.4 Å². The SMILES string of the molecule is CC(C)(C)OC(=O)N(C(=O)OC1(C)CCCC1)c1c(F)ccc(NC(=O)c2cc(NC(=O)[C@H]3C(c4ccc(F)c(Cl)c4)C3(Cl)Cl)ccc2Cl)c1F. The van der Waals surface area contributed by atoms with Gasteiger partial charge in [-0.1, -0.05) is 29.3 Å². The first-order chi connectivity index (χ1) is 23.7. The molecular formula is C35H32Cl4F3N3O6. The van der Waals surface area contributed by atoms with Gasteiger partial charge in [-0.25, -0.2) is 22.8 Å². The van der Waals surface area contributed by atoms with Gasteiger partial charge in [0.2, 0.25) is 5.91 Å². The van der Waals surface area contributed by atoms with Crippen LogP contribution in [0.25, 0.3) is 0 Å². The number of hydrogen-bond acceptors (Lipinski definition) is 6. The molecule has 5 rings (SSSR count). The molecule has 0 bridgehead atoms. The molecule has 2 aliphatic rings. The summed E-state index contributed by atoms with van der Waals surface area (Å²) < 4.78 is 54.4. The molecule has 51 heavy (non-hydrogen) atoms. The van der Waals surface area contributed by atoms with Crippen LogP contribution in [0.5, 0.6) is 0 Å². The fraction of sp³-hybridized carbons (Fsp3) is 0.371. The molecule has 4 amide bonds. The maximum Gasteiger partial charge on any atom is 0.424 e. The number of hydrogen-bond donors (Lipinski definition) is 2. The summed E-state index contributed by atoms with van der Waals surface area (Å²) in [6.45, 7) is 6.16. The highest BCUT2D eigenvalue weighted by molar-refractivity contribution is 6.53. The molecule has 272 valence electrons. The van der Waals surface area contributed by atoms with Crippen molar-refractivity contribution in [1.29, 1.82) is 0 Å². The summed E-state index contributed by atoms with van der Waals surface area (Å²) in [4.78, 5) is 53.3. The topological polar surface area (TPSA) is 114 Å². The monoisotopic (exact) mass is 787 g/mol. The number of imide groups is 1. The zero-order valence-corrected chi connectivity index (χ0v) is 30.7. The maximum atomic E-state index is 16.1. The van der Waals surface area contributed by atoms with Crippen molar-refractivity contribution in [1.82, 2.24) is 0 Å². The first-order valence-corrected chi connectivity index (χ1v) is 17.2. The van der Waals surface area contributed by atoms with Gasteiger partial charge in [-0.05, 0) is 101 Å². The number of benzene rings is 3. The van der Waals surface area contributed by atoms with Gasteiger partial charge in [0.05, 0.1) is 27.2 Å². The largest absolute Gasteiger partial charge is 0.443 e. The average molecular weight is 789 g/mol. The lowest BCUT2D eigenvalue weighted by molar-refractivity contribution is -0.117. The minimum atomic E-state index is -1.54. The molecule has 2 N–H and O–H groups in total. The van der Waals surface area contributed by atoms with Gasteiger partial charge in [-0.2, -0.15) is 4.90 Å². The van der Waals surface area contributed by atoms with Crippen LogP contribution in [0.15, 0.2) is 48.5 Å². The summed E-state index contributed by atoms with van der Waals surface area (Å²) >= 11 is 25.0. The van der Waals surface area contributed by atoms with Crippen LogP contribution in [0.1, 0.15) is 75.2 Å². The van der Waals surface area contributed by atoms with Crippen LogP contribution in [0.2, 0.25) is 10.0 Å². The molecule has 0 radical (unpaired) electrons. The second kappa shape index (κ2) is 14.4. The molecule has 0 spiro atoms. The maximum absolute atomic E-state index is 16.1. The Kier molecular flexibility index (Phi) is 10.9. The number of nitrogens with one attached hydrogen (secondary N) is 2. The molecule has 3 aromatic carbocycles. The lowest BCUT2D eigenvalue weighted by Gasteiger charge is -2.30. The molecule has 2 fully saturated rings. The van der Waals surface area contributed by atoms with Crippen molar-refractivity contribution in [3.63, 3.8) is 0 Å². The summed E-state index contributed by atoms with van der Waals surface area (Å²) in [6, 6.07) is 9.38. The first-order valence-electron chi connectivity index (χ1n) is 15.7. The number of alkyl halides is 2. The van der Waals surface area contributed by atoms with E-state index in [-0.39, 0.29) is 26.2 Å². The summed E-state index contributed by atoms with van der Waals surface area (Å²) in [5, 5.41) is 4.60. The third kappa shape index (κ3) is 8.35.